The minimum atomic E-state index is -3.15. The lowest BCUT2D eigenvalue weighted by Gasteiger charge is -2.15. The van der Waals surface area contributed by atoms with Crippen molar-refractivity contribution in [2.75, 3.05) is 11.5 Å². The van der Waals surface area contributed by atoms with Crippen LogP contribution in [0.2, 0.25) is 0 Å². The molecule has 0 bridgehead atoms. The maximum Gasteiger partial charge on any atom is 0.157 e. The fourth-order valence-corrected chi connectivity index (χ4v) is 1.55. The molecule has 0 N–H and O–H groups in total. The van der Waals surface area contributed by atoms with E-state index in [1.807, 2.05) is 0 Å². The van der Waals surface area contributed by atoms with E-state index in [2.05, 4.69) is 0 Å². The monoisotopic (exact) mass is 192 g/mol. The minimum Gasteiger partial charge on any atom is -0.298 e. The summed E-state index contributed by atoms with van der Waals surface area (Å²) in [4.78, 5) is 11.3. The van der Waals surface area contributed by atoms with Crippen LogP contribution in [0.1, 0.15) is 27.7 Å². The zero-order valence-corrected chi connectivity index (χ0v) is 8.86. The van der Waals surface area contributed by atoms with Gasteiger partial charge in [-0.2, -0.15) is 0 Å². The molecule has 0 saturated heterocycles. The Morgan fingerprint density at radius 2 is 1.67 bits per heavy atom. The fourth-order valence-electron chi connectivity index (χ4n) is 0.518. The highest BCUT2D eigenvalue weighted by atomic mass is 32.2. The van der Waals surface area contributed by atoms with Crippen molar-refractivity contribution in [2.45, 2.75) is 27.7 Å². The Morgan fingerprint density at radius 3 is 1.92 bits per heavy atom. The highest BCUT2D eigenvalue weighted by molar-refractivity contribution is 7.92. The van der Waals surface area contributed by atoms with E-state index < -0.39 is 15.3 Å². The maximum atomic E-state index is 11.3. The number of rotatable bonds is 3. The van der Waals surface area contributed by atoms with Crippen LogP contribution < -0.4 is 0 Å². The second-order valence-corrected chi connectivity index (χ2v) is 6.20. The molecule has 0 aromatic rings. The number of ketones is 1. The van der Waals surface area contributed by atoms with Crippen LogP contribution in [0.4, 0.5) is 0 Å². The molecule has 0 spiro atoms. The average molecular weight is 192 g/mol. The topological polar surface area (TPSA) is 51.2 Å². The van der Waals surface area contributed by atoms with Crippen molar-refractivity contribution in [3.05, 3.63) is 0 Å². The lowest BCUT2D eigenvalue weighted by molar-refractivity contribution is -0.123. The number of Topliss-reactive ketones (excluding diaryl/α,β-unsaturated/α-hetero) is 1. The number of carbonyl (C=O) groups is 1. The van der Waals surface area contributed by atoms with E-state index in [0.29, 0.717) is 0 Å². The zero-order chi connectivity index (χ0) is 9.99. The molecule has 0 radical (unpaired) electrons. The first kappa shape index (κ1) is 11.6. The molecule has 0 heterocycles. The van der Waals surface area contributed by atoms with E-state index >= 15 is 0 Å². The highest BCUT2D eigenvalue weighted by Gasteiger charge is 2.25. The van der Waals surface area contributed by atoms with Crippen LogP contribution in [0.5, 0.6) is 0 Å². The van der Waals surface area contributed by atoms with Gasteiger partial charge in [-0.1, -0.05) is 27.7 Å². The lowest BCUT2D eigenvalue weighted by Crippen LogP contribution is -2.28. The standard InChI is InChI=1S/C8H16O3S/c1-5-12(10,11)6-7(9)8(2,3)4/h5-6H2,1-4H3. The zero-order valence-electron chi connectivity index (χ0n) is 8.05. The van der Waals surface area contributed by atoms with Gasteiger partial charge in [-0.15, -0.1) is 0 Å². The lowest BCUT2D eigenvalue weighted by atomic mass is 9.92. The second kappa shape index (κ2) is 3.56. The van der Waals surface area contributed by atoms with Crippen molar-refractivity contribution >= 4 is 15.6 Å². The van der Waals surface area contributed by atoms with Crippen molar-refractivity contribution in [3.63, 3.8) is 0 Å². The molecule has 0 amide bonds. The molecule has 0 aliphatic rings. The SMILES string of the molecule is CCS(=O)(=O)CC(=O)C(C)(C)C. The third-order valence-corrected chi connectivity index (χ3v) is 3.21. The highest BCUT2D eigenvalue weighted by Crippen LogP contribution is 2.15. The van der Waals surface area contributed by atoms with E-state index in [1.165, 1.54) is 0 Å². The molecule has 12 heavy (non-hydrogen) atoms. The van der Waals surface area contributed by atoms with Crippen molar-refractivity contribution in [2.24, 2.45) is 5.41 Å². The van der Waals surface area contributed by atoms with Crippen molar-refractivity contribution in [1.29, 1.82) is 0 Å². The van der Waals surface area contributed by atoms with Gasteiger partial charge in [0, 0.05) is 11.2 Å². The van der Waals surface area contributed by atoms with Gasteiger partial charge in [0.15, 0.2) is 15.6 Å². The normalized spacial score (nSPS) is 13.0. The van der Waals surface area contributed by atoms with Gasteiger partial charge in [0.1, 0.15) is 5.75 Å². The molecule has 0 aromatic heterocycles. The first-order valence-electron chi connectivity index (χ1n) is 3.93. The molecule has 0 aliphatic heterocycles. The molecule has 0 rings (SSSR count). The van der Waals surface area contributed by atoms with Crippen LogP contribution >= 0.6 is 0 Å². The van der Waals surface area contributed by atoms with E-state index in [-0.39, 0.29) is 17.3 Å². The average Bonchev–Trinajstić information content (AvgIpc) is 1.85. The summed E-state index contributed by atoms with van der Waals surface area (Å²) in [5.41, 5.74) is -0.553. The van der Waals surface area contributed by atoms with Crippen LogP contribution in [0.3, 0.4) is 0 Å². The van der Waals surface area contributed by atoms with Gasteiger partial charge in [-0.25, -0.2) is 8.42 Å². The molecular formula is C8H16O3S. The summed E-state index contributed by atoms with van der Waals surface area (Å²) in [5.74, 6) is -0.508. The van der Waals surface area contributed by atoms with Gasteiger partial charge in [-0.05, 0) is 0 Å². The molecule has 0 fully saturated rings. The Morgan fingerprint density at radius 1 is 1.25 bits per heavy atom. The number of hydrogen-bond acceptors (Lipinski definition) is 3. The second-order valence-electron chi connectivity index (χ2n) is 3.85. The molecule has 4 heteroatoms. The van der Waals surface area contributed by atoms with Crippen LogP contribution in [0.15, 0.2) is 0 Å². The van der Waals surface area contributed by atoms with E-state index in [1.54, 1.807) is 27.7 Å². The Hall–Kier alpha value is -0.380. The van der Waals surface area contributed by atoms with E-state index in [9.17, 15) is 13.2 Å². The van der Waals surface area contributed by atoms with E-state index in [4.69, 9.17) is 0 Å². The Kier molecular flexibility index (Phi) is 3.45. The molecular weight excluding hydrogens is 176 g/mol. The fraction of sp³-hybridized carbons (Fsp3) is 0.875. The summed E-state index contributed by atoms with van der Waals surface area (Å²) >= 11 is 0. The summed E-state index contributed by atoms with van der Waals surface area (Å²) < 4.78 is 22.1. The van der Waals surface area contributed by atoms with Crippen molar-refractivity contribution in [3.8, 4) is 0 Å². The predicted octanol–water partition coefficient (Wildman–Crippen LogP) is 1.04. The summed E-state index contributed by atoms with van der Waals surface area (Å²) in [6.45, 7) is 6.72. The number of carbonyl (C=O) groups excluding carboxylic acids is 1. The van der Waals surface area contributed by atoms with Crippen molar-refractivity contribution in [1.82, 2.24) is 0 Å². The molecule has 0 unspecified atom stereocenters. The van der Waals surface area contributed by atoms with Crippen LogP contribution in [-0.2, 0) is 14.6 Å². The third kappa shape index (κ3) is 3.85. The number of hydrogen-bond donors (Lipinski definition) is 0. The molecule has 0 atom stereocenters. The van der Waals surface area contributed by atoms with Gasteiger partial charge >= 0.3 is 0 Å². The molecule has 0 saturated carbocycles. The Balaban J connectivity index is 4.42. The van der Waals surface area contributed by atoms with Crippen molar-refractivity contribution < 1.29 is 13.2 Å². The molecule has 0 aliphatic carbocycles. The smallest absolute Gasteiger partial charge is 0.157 e. The Bertz CT molecular complexity index is 257. The minimum absolute atomic E-state index is 0.0365. The first-order chi connectivity index (χ1) is 5.19. The van der Waals surface area contributed by atoms with Crippen LogP contribution in [-0.4, -0.2) is 25.7 Å². The van der Waals surface area contributed by atoms with Gasteiger partial charge in [0.2, 0.25) is 0 Å². The summed E-state index contributed by atoms with van der Waals surface area (Å²) in [6, 6.07) is 0. The summed E-state index contributed by atoms with van der Waals surface area (Å²) in [6.07, 6.45) is 0. The third-order valence-electron chi connectivity index (χ3n) is 1.63. The van der Waals surface area contributed by atoms with Gasteiger partial charge in [0.25, 0.3) is 0 Å². The maximum absolute atomic E-state index is 11.3. The van der Waals surface area contributed by atoms with Gasteiger partial charge < -0.3 is 0 Å². The van der Waals surface area contributed by atoms with Crippen LogP contribution in [0.25, 0.3) is 0 Å². The number of sulfone groups is 1. The van der Waals surface area contributed by atoms with Crippen LogP contribution in [0, 0.1) is 5.41 Å². The Labute approximate surface area is 74.1 Å². The quantitative estimate of drug-likeness (QED) is 0.671. The summed E-state index contributed by atoms with van der Waals surface area (Å²) in [5, 5.41) is 0. The largest absolute Gasteiger partial charge is 0.298 e. The predicted molar refractivity (Wildman–Crippen MR) is 48.8 cm³/mol. The van der Waals surface area contributed by atoms with Gasteiger partial charge in [0.05, 0.1) is 0 Å². The summed E-state index contributed by atoms with van der Waals surface area (Å²) in [7, 11) is -3.15. The van der Waals surface area contributed by atoms with Gasteiger partial charge in [-0.3, -0.25) is 4.79 Å². The van der Waals surface area contributed by atoms with E-state index in [0.717, 1.165) is 0 Å². The first-order valence-corrected chi connectivity index (χ1v) is 5.75. The molecule has 0 aromatic carbocycles. The molecule has 3 nitrogen and oxygen atoms in total. The molecule has 72 valence electrons.